The summed E-state index contributed by atoms with van der Waals surface area (Å²) in [5.41, 5.74) is 1.30. The molecule has 2 heterocycles. The van der Waals surface area contributed by atoms with Gasteiger partial charge in [0.1, 0.15) is 0 Å². The van der Waals surface area contributed by atoms with Crippen LogP contribution in [0.1, 0.15) is 63.5 Å². The number of likely N-dealkylation sites (tertiary alicyclic amines) is 1. The van der Waals surface area contributed by atoms with E-state index < -0.39 is 5.82 Å². The Labute approximate surface area is 188 Å². The van der Waals surface area contributed by atoms with Gasteiger partial charge in [0.15, 0.2) is 5.82 Å². The molecule has 0 unspecified atom stereocenters. The highest BCUT2D eigenvalue weighted by atomic mass is 19.1. The summed E-state index contributed by atoms with van der Waals surface area (Å²) >= 11 is 0. The third-order valence-electron chi connectivity index (χ3n) is 7.87. The number of aromatic nitrogens is 1. The number of piperidine rings is 1. The van der Waals surface area contributed by atoms with Crippen molar-refractivity contribution in [2.24, 2.45) is 17.8 Å². The van der Waals surface area contributed by atoms with Crippen molar-refractivity contribution >= 4 is 16.9 Å². The first-order chi connectivity index (χ1) is 15.5. The van der Waals surface area contributed by atoms with E-state index in [1.54, 1.807) is 6.07 Å². The molecule has 5 rings (SSSR count). The average Bonchev–Trinajstić information content (AvgIpc) is 3.44. The van der Waals surface area contributed by atoms with Gasteiger partial charge in [0, 0.05) is 29.8 Å². The molecule has 1 aromatic carbocycles. The van der Waals surface area contributed by atoms with Crippen LogP contribution >= 0.6 is 0 Å². The van der Waals surface area contributed by atoms with Crippen molar-refractivity contribution in [2.75, 3.05) is 26.7 Å². The predicted molar refractivity (Wildman–Crippen MR) is 120 cm³/mol. The van der Waals surface area contributed by atoms with E-state index in [4.69, 9.17) is 9.26 Å². The summed E-state index contributed by atoms with van der Waals surface area (Å²) in [4.78, 5) is 15.1. The number of amides is 1. The smallest absolute Gasteiger partial charge is 0.223 e. The summed E-state index contributed by atoms with van der Waals surface area (Å²) in [6, 6.07) is 3.55. The minimum Gasteiger partial charge on any atom is -0.490 e. The number of halogens is 1. The molecule has 3 aliphatic rings. The minimum absolute atomic E-state index is 0.125. The van der Waals surface area contributed by atoms with Crippen LogP contribution < -0.4 is 10.1 Å². The van der Waals surface area contributed by atoms with Crippen molar-refractivity contribution in [2.45, 2.75) is 63.8 Å². The molecule has 3 fully saturated rings. The number of carbonyl (C=O) groups excluding carboxylic acids is 1. The zero-order chi connectivity index (χ0) is 22.2. The first-order valence-corrected chi connectivity index (χ1v) is 12.2. The highest BCUT2D eigenvalue weighted by Crippen LogP contribution is 2.41. The quantitative estimate of drug-likeness (QED) is 0.713. The van der Waals surface area contributed by atoms with Crippen molar-refractivity contribution in [3.63, 3.8) is 0 Å². The molecule has 1 amide bonds. The number of rotatable bonds is 6. The van der Waals surface area contributed by atoms with Crippen molar-refractivity contribution in [3.8, 4) is 5.75 Å². The van der Waals surface area contributed by atoms with E-state index in [9.17, 15) is 9.18 Å². The highest BCUT2D eigenvalue weighted by Gasteiger charge is 2.44. The zero-order valence-electron chi connectivity index (χ0n) is 19.1. The number of carbonyl (C=O) groups is 1. The Morgan fingerprint density at radius 1 is 1.22 bits per heavy atom. The van der Waals surface area contributed by atoms with Crippen LogP contribution in [-0.4, -0.2) is 48.7 Å². The maximum absolute atomic E-state index is 13.9. The number of ether oxygens (including phenoxy) is 1. The number of fused-ring (bicyclic) bond motifs is 1. The summed E-state index contributed by atoms with van der Waals surface area (Å²) in [5, 5.41) is 8.43. The molecule has 1 aliphatic heterocycles. The van der Waals surface area contributed by atoms with Crippen molar-refractivity contribution in [1.29, 1.82) is 0 Å². The van der Waals surface area contributed by atoms with Crippen LogP contribution in [0.3, 0.4) is 0 Å². The molecule has 1 saturated heterocycles. The second kappa shape index (κ2) is 9.00. The van der Waals surface area contributed by atoms with Crippen LogP contribution in [-0.2, 0) is 4.79 Å². The number of methoxy groups -OCH3 is 1. The van der Waals surface area contributed by atoms with Crippen LogP contribution in [0.2, 0.25) is 0 Å². The Balaban J connectivity index is 1.11. The molecule has 1 N–H and O–H groups in total. The van der Waals surface area contributed by atoms with Gasteiger partial charge in [0.2, 0.25) is 17.2 Å². The molecular formula is C25H34FN3O3. The molecular weight excluding hydrogens is 409 g/mol. The van der Waals surface area contributed by atoms with Gasteiger partial charge in [-0.1, -0.05) is 12.1 Å². The molecule has 2 atom stereocenters. The largest absolute Gasteiger partial charge is 0.490 e. The van der Waals surface area contributed by atoms with E-state index in [-0.39, 0.29) is 17.6 Å². The summed E-state index contributed by atoms with van der Waals surface area (Å²) in [7, 11) is 1.44. The highest BCUT2D eigenvalue weighted by molar-refractivity contribution is 5.85. The normalized spacial score (nSPS) is 29.2. The summed E-state index contributed by atoms with van der Waals surface area (Å²) in [6.45, 7) is 5.29. The second-order valence-electron chi connectivity index (χ2n) is 10.2. The number of nitrogens with one attached hydrogen (secondary N) is 1. The molecule has 0 spiro atoms. The Hall–Kier alpha value is -2.15. The van der Waals surface area contributed by atoms with E-state index in [0.717, 1.165) is 68.7 Å². The molecule has 0 bridgehead atoms. The van der Waals surface area contributed by atoms with E-state index in [1.807, 2.05) is 0 Å². The topological polar surface area (TPSA) is 67.6 Å². The molecule has 6 nitrogen and oxygen atoms in total. The van der Waals surface area contributed by atoms with Crippen molar-refractivity contribution in [1.82, 2.24) is 15.4 Å². The molecule has 174 valence electrons. The number of hydrogen-bond acceptors (Lipinski definition) is 5. The van der Waals surface area contributed by atoms with Crippen molar-refractivity contribution < 1.29 is 18.4 Å². The molecule has 7 heteroatoms. The maximum atomic E-state index is 13.9. The first kappa shape index (κ1) is 21.7. The zero-order valence-corrected chi connectivity index (χ0v) is 19.1. The molecule has 2 aliphatic carbocycles. The van der Waals surface area contributed by atoms with E-state index in [2.05, 4.69) is 22.3 Å². The summed E-state index contributed by atoms with van der Waals surface area (Å²) in [6.07, 6.45) is 7.73. The van der Waals surface area contributed by atoms with Crippen molar-refractivity contribution in [3.05, 3.63) is 23.6 Å². The number of hydrogen-bond donors (Lipinski definition) is 1. The minimum atomic E-state index is -0.432. The lowest BCUT2D eigenvalue weighted by atomic mass is 9.87. The van der Waals surface area contributed by atoms with Gasteiger partial charge in [-0.15, -0.1) is 0 Å². The summed E-state index contributed by atoms with van der Waals surface area (Å²) < 4.78 is 24.5. The van der Waals surface area contributed by atoms with Gasteiger partial charge in [0.25, 0.3) is 0 Å². The van der Waals surface area contributed by atoms with Gasteiger partial charge in [0.05, 0.1) is 12.8 Å². The molecule has 0 radical (unpaired) electrons. The van der Waals surface area contributed by atoms with Gasteiger partial charge in [-0.05, 0) is 82.0 Å². The maximum Gasteiger partial charge on any atom is 0.223 e. The average molecular weight is 444 g/mol. The Morgan fingerprint density at radius 2 is 1.97 bits per heavy atom. The fourth-order valence-electron chi connectivity index (χ4n) is 5.66. The molecule has 2 saturated carbocycles. The lowest BCUT2D eigenvalue weighted by Crippen LogP contribution is -2.39. The first-order valence-electron chi connectivity index (χ1n) is 12.2. The third-order valence-corrected chi connectivity index (χ3v) is 7.87. The fourth-order valence-corrected chi connectivity index (χ4v) is 5.66. The third kappa shape index (κ3) is 4.36. The second-order valence-corrected chi connectivity index (χ2v) is 10.2. The standard InChI is InChI=1S/C25H34FN3O3/c1-15-3-5-18(6-4-15)27-25(30)20-13-17(20)14-29-11-9-16(10-12-29)22-19-7-8-21(26)24(31-2)23(19)32-28-22/h7-8,15-18,20H,3-6,9-14H2,1-2H3,(H,27,30)/t15?,17-,18?,20+/m0/s1. The SMILES string of the molecule is COc1c(F)ccc2c(C3CCN(C[C@@H]4C[C@H]4C(=O)NC4CCC(C)CC4)CC3)noc12. The fraction of sp³-hybridized carbons (Fsp3) is 0.680. The van der Waals surface area contributed by atoms with E-state index >= 15 is 0 Å². The molecule has 1 aromatic heterocycles. The number of benzene rings is 1. The predicted octanol–water partition coefficient (Wildman–Crippen LogP) is 4.49. The molecule has 2 aromatic rings. The van der Waals surface area contributed by atoms with Gasteiger partial charge >= 0.3 is 0 Å². The van der Waals surface area contributed by atoms with Gasteiger partial charge in [-0.3, -0.25) is 4.79 Å². The monoisotopic (exact) mass is 443 g/mol. The van der Waals surface area contributed by atoms with Crippen LogP contribution in [0, 0.1) is 23.6 Å². The van der Waals surface area contributed by atoms with Gasteiger partial charge in [-0.2, -0.15) is 0 Å². The van der Waals surface area contributed by atoms with Gasteiger partial charge < -0.3 is 19.5 Å². The summed E-state index contributed by atoms with van der Waals surface area (Å²) in [5.74, 6) is 1.77. The van der Waals surface area contributed by atoms with Crippen LogP contribution in [0.15, 0.2) is 16.7 Å². The van der Waals surface area contributed by atoms with Crippen LogP contribution in [0.25, 0.3) is 11.0 Å². The molecule has 32 heavy (non-hydrogen) atoms. The Bertz CT molecular complexity index is 961. The lowest BCUT2D eigenvalue weighted by molar-refractivity contribution is -0.123. The Kier molecular flexibility index (Phi) is 6.10. The Morgan fingerprint density at radius 3 is 2.69 bits per heavy atom. The van der Waals surface area contributed by atoms with Crippen LogP contribution in [0.5, 0.6) is 5.75 Å². The van der Waals surface area contributed by atoms with E-state index in [0.29, 0.717) is 23.5 Å². The van der Waals surface area contributed by atoms with Gasteiger partial charge in [-0.25, -0.2) is 4.39 Å². The number of nitrogens with zero attached hydrogens (tertiary/aromatic N) is 2. The van der Waals surface area contributed by atoms with Crippen LogP contribution in [0.4, 0.5) is 4.39 Å². The lowest BCUT2D eigenvalue weighted by Gasteiger charge is -2.31. The van der Waals surface area contributed by atoms with E-state index in [1.165, 1.54) is 26.0 Å².